The van der Waals surface area contributed by atoms with Crippen LogP contribution in [0.3, 0.4) is 0 Å². The molecule has 0 spiro atoms. The Morgan fingerprint density at radius 2 is 1.74 bits per heavy atom. The number of anilines is 1. The van der Waals surface area contributed by atoms with Crippen molar-refractivity contribution in [3.63, 3.8) is 0 Å². The van der Waals surface area contributed by atoms with Crippen molar-refractivity contribution >= 4 is 51.7 Å². The molecule has 3 aromatic carbocycles. The molecule has 1 saturated heterocycles. The molecular weight excluding hydrogens is 549 g/mol. The Kier molecular flexibility index (Phi) is 7.01. The van der Waals surface area contributed by atoms with Crippen molar-refractivity contribution in [3.05, 3.63) is 104 Å². The van der Waals surface area contributed by atoms with E-state index in [0.29, 0.717) is 12.1 Å². The number of benzene rings is 3. The van der Waals surface area contributed by atoms with Crippen molar-refractivity contribution in [2.45, 2.75) is 18.9 Å². The summed E-state index contributed by atoms with van der Waals surface area (Å²) >= 11 is 2.13. The summed E-state index contributed by atoms with van der Waals surface area (Å²) in [6, 6.07) is 20.8. The van der Waals surface area contributed by atoms with E-state index in [9.17, 15) is 24.5 Å². The van der Waals surface area contributed by atoms with Crippen molar-refractivity contribution in [3.8, 4) is 0 Å². The number of imide groups is 1. The number of nitro groups is 1. The molecule has 1 aliphatic rings. The molecule has 1 atom stereocenters. The highest BCUT2D eigenvalue weighted by Crippen LogP contribution is 2.28. The van der Waals surface area contributed by atoms with Crippen LogP contribution < -0.4 is 4.90 Å². The summed E-state index contributed by atoms with van der Waals surface area (Å²) in [5.74, 6) is -1.42. The summed E-state index contributed by atoms with van der Waals surface area (Å²) in [5.41, 5.74) is 1.28. The van der Waals surface area contributed by atoms with Gasteiger partial charge in [-0.1, -0.05) is 36.4 Å². The van der Waals surface area contributed by atoms with E-state index in [1.54, 1.807) is 24.3 Å². The Balaban J connectivity index is 1.66. The zero-order chi connectivity index (χ0) is 24.2. The van der Waals surface area contributed by atoms with Crippen LogP contribution in [0.5, 0.6) is 0 Å². The third-order valence-corrected chi connectivity index (χ3v) is 6.35. The van der Waals surface area contributed by atoms with Crippen LogP contribution in [-0.4, -0.2) is 40.1 Å². The second-order valence-electron chi connectivity index (χ2n) is 7.81. The lowest BCUT2D eigenvalue weighted by Crippen LogP contribution is -2.46. The van der Waals surface area contributed by atoms with E-state index in [-0.39, 0.29) is 24.2 Å². The number of nitrogens with zero attached hydrogens (tertiary/aromatic N) is 3. The fraction of sp³-hybridized carbons (Fsp3) is 0.160. The molecule has 1 heterocycles. The van der Waals surface area contributed by atoms with Gasteiger partial charge in [0.25, 0.3) is 17.5 Å². The monoisotopic (exact) mass is 569 g/mol. The van der Waals surface area contributed by atoms with Crippen LogP contribution in [0.2, 0.25) is 0 Å². The lowest BCUT2D eigenvalue weighted by Gasteiger charge is -2.28. The van der Waals surface area contributed by atoms with E-state index in [4.69, 9.17) is 0 Å². The minimum atomic E-state index is -0.998. The summed E-state index contributed by atoms with van der Waals surface area (Å²) in [4.78, 5) is 52.8. The highest BCUT2D eigenvalue weighted by molar-refractivity contribution is 14.1. The van der Waals surface area contributed by atoms with Gasteiger partial charge >= 0.3 is 0 Å². The number of rotatable bonds is 7. The van der Waals surface area contributed by atoms with Crippen LogP contribution in [-0.2, 0) is 16.0 Å². The van der Waals surface area contributed by atoms with Gasteiger partial charge in [-0.2, -0.15) is 0 Å². The molecule has 34 heavy (non-hydrogen) atoms. The first kappa shape index (κ1) is 23.6. The van der Waals surface area contributed by atoms with E-state index >= 15 is 0 Å². The molecule has 1 unspecified atom stereocenters. The van der Waals surface area contributed by atoms with E-state index in [0.717, 1.165) is 14.0 Å². The molecule has 3 aromatic rings. The van der Waals surface area contributed by atoms with Gasteiger partial charge in [-0.15, -0.1) is 0 Å². The van der Waals surface area contributed by atoms with Gasteiger partial charge in [0.05, 0.1) is 17.0 Å². The Labute approximate surface area is 209 Å². The average molecular weight is 569 g/mol. The fourth-order valence-electron chi connectivity index (χ4n) is 3.93. The summed E-state index contributed by atoms with van der Waals surface area (Å²) in [7, 11) is 0. The lowest BCUT2D eigenvalue weighted by molar-refractivity contribution is -0.384. The third-order valence-electron chi connectivity index (χ3n) is 5.63. The molecule has 0 N–H and O–H groups in total. The summed E-state index contributed by atoms with van der Waals surface area (Å²) in [6.07, 6.45) is 0.309. The van der Waals surface area contributed by atoms with Gasteiger partial charge in [0.15, 0.2) is 0 Å². The maximum Gasteiger partial charge on any atom is 0.270 e. The predicted octanol–water partition coefficient (Wildman–Crippen LogP) is 4.22. The maximum absolute atomic E-state index is 13.5. The molecule has 0 bridgehead atoms. The zero-order valence-electron chi connectivity index (χ0n) is 18.0. The highest BCUT2D eigenvalue weighted by Gasteiger charge is 2.44. The molecule has 9 heteroatoms. The van der Waals surface area contributed by atoms with E-state index in [2.05, 4.69) is 22.6 Å². The van der Waals surface area contributed by atoms with Crippen molar-refractivity contribution in [1.82, 2.24) is 4.90 Å². The largest absolute Gasteiger partial charge is 0.326 e. The van der Waals surface area contributed by atoms with Crippen LogP contribution in [0.4, 0.5) is 11.4 Å². The number of amides is 3. The molecule has 0 aromatic heterocycles. The van der Waals surface area contributed by atoms with Gasteiger partial charge < -0.3 is 4.90 Å². The Morgan fingerprint density at radius 1 is 1.03 bits per heavy atom. The molecule has 1 fully saturated rings. The zero-order valence-corrected chi connectivity index (χ0v) is 20.1. The Bertz CT molecular complexity index is 1250. The van der Waals surface area contributed by atoms with Crippen LogP contribution >= 0.6 is 22.6 Å². The highest BCUT2D eigenvalue weighted by atomic mass is 127. The van der Waals surface area contributed by atoms with Gasteiger partial charge in [-0.05, 0) is 64.9 Å². The third kappa shape index (κ3) is 4.98. The van der Waals surface area contributed by atoms with Crippen molar-refractivity contribution in [2.24, 2.45) is 0 Å². The van der Waals surface area contributed by atoms with E-state index in [1.807, 2.05) is 30.3 Å². The van der Waals surface area contributed by atoms with E-state index in [1.165, 1.54) is 29.2 Å². The molecule has 0 aliphatic carbocycles. The van der Waals surface area contributed by atoms with Gasteiger partial charge in [0.2, 0.25) is 5.91 Å². The van der Waals surface area contributed by atoms with Crippen LogP contribution in [0, 0.1) is 13.7 Å². The van der Waals surface area contributed by atoms with E-state index < -0.39 is 28.7 Å². The predicted molar refractivity (Wildman–Crippen MR) is 134 cm³/mol. The number of carbonyl (C=O) groups is 3. The molecule has 0 saturated carbocycles. The van der Waals surface area contributed by atoms with Crippen LogP contribution in [0.15, 0.2) is 78.9 Å². The van der Waals surface area contributed by atoms with Crippen LogP contribution in [0.25, 0.3) is 0 Å². The average Bonchev–Trinajstić information content (AvgIpc) is 3.14. The minimum Gasteiger partial charge on any atom is -0.326 e. The second-order valence-corrected chi connectivity index (χ2v) is 9.05. The Hall–Kier alpha value is -3.60. The minimum absolute atomic E-state index is 0.0928. The normalized spacial score (nSPS) is 15.4. The number of hydrogen-bond donors (Lipinski definition) is 0. The maximum atomic E-state index is 13.5. The van der Waals surface area contributed by atoms with Gasteiger partial charge in [-0.25, -0.2) is 4.90 Å². The van der Waals surface area contributed by atoms with Gasteiger partial charge in [-0.3, -0.25) is 24.5 Å². The molecule has 0 radical (unpaired) electrons. The number of non-ortho nitro benzene ring substituents is 1. The molecule has 3 amide bonds. The summed E-state index contributed by atoms with van der Waals surface area (Å²) in [5, 5.41) is 11.2. The number of halogens is 1. The van der Waals surface area contributed by atoms with Crippen molar-refractivity contribution < 1.29 is 19.3 Å². The quantitative estimate of drug-likeness (QED) is 0.184. The van der Waals surface area contributed by atoms with Gasteiger partial charge in [0.1, 0.15) is 6.04 Å². The summed E-state index contributed by atoms with van der Waals surface area (Å²) < 4.78 is 0.960. The van der Waals surface area contributed by atoms with Crippen molar-refractivity contribution in [1.29, 1.82) is 0 Å². The fourth-order valence-corrected chi connectivity index (χ4v) is 4.29. The molecule has 8 nitrogen and oxygen atoms in total. The first-order valence-corrected chi connectivity index (χ1v) is 11.6. The van der Waals surface area contributed by atoms with Crippen LogP contribution in [0.1, 0.15) is 22.3 Å². The molecule has 1 aliphatic heterocycles. The molecule has 4 rings (SSSR count). The van der Waals surface area contributed by atoms with Gasteiger partial charge in [0, 0.05) is 27.8 Å². The smallest absolute Gasteiger partial charge is 0.270 e. The standard InChI is InChI=1S/C25H20IN3O5/c26-19-9-11-20(12-10-19)28-23(30)16-22(25(28)32)27(14-13-17-5-2-1-3-6-17)24(31)18-7-4-8-21(15-18)29(33)34/h1-12,15,22H,13-14,16H2. The topological polar surface area (TPSA) is 101 Å². The number of hydrogen-bond acceptors (Lipinski definition) is 5. The number of carbonyl (C=O) groups excluding carboxylic acids is 3. The SMILES string of the molecule is O=C1CC(N(CCc2ccccc2)C(=O)c2cccc([N+](=O)[O-])c2)C(=O)N1c1ccc(I)cc1. The first-order chi connectivity index (χ1) is 16.3. The Morgan fingerprint density at radius 3 is 2.41 bits per heavy atom. The summed E-state index contributed by atoms with van der Waals surface area (Å²) in [6.45, 7) is 0.176. The second kappa shape index (κ2) is 10.1. The lowest BCUT2D eigenvalue weighted by atomic mass is 10.1. The molecular formula is C25H20IN3O5. The van der Waals surface area contributed by atoms with Crippen molar-refractivity contribution in [2.75, 3.05) is 11.4 Å². The number of nitro benzene ring substituents is 1. The first-order valence-electron chi connectivity index (χ1n) is 10.6. The molecule has 172 valence electrons.